The van der Waals surface area contributed by atoms with E-state index in [0.29, 0.717) is 0 Å². The van der Waals surface area contributed by atoms with Gasteiger partial charge in [0.1, 0.15) is 18.2 Å². The molecule has 0 saturated carbocycles. The van der Waals surface area contributed by atoms with Gasteiger partial charge < -0.3 is 15.5 Å². The van der Waals surface area contributed by atoms with Gasteiger partial charge in [0.25, 0.3) is 0 Å². The van der Waals surface area contributed by atoms with Crippen LogP contribution in [0, 0.1) is 5.82 Å². The van der Waals surface area contributed by atoms with Crippen LogP contribution in [0.2, 0.25) is 0 Å². The number of amidine groups is 1. The number of benzene rings is 1. The van der Waals surface area contributed by atoms with Crippen molar-refractivity contribution in [1.82, 2.24) is 4.98 Å². The molecule has 1 fully saturated rings. The second kappa shape index (κ2) is 7.77. The molecule has 0 aliphatic carbocycles. The van der Waals surface area contributed by atoms with Gasteiger partial charge in [-0.15, -0.1) is 0 Å². The van der Waals surface area contributed by atoms with Crippen molar-refractivity contribution in [3.8, 4) is 0 Å². The second-order valence-corrected chi connectivity index (χ2v) is 5.83. The zero-order valence-corrected chi connectivity index (χ0v) is 13.5. The quantitative estimate of drug-likeness (QED) is 0.520. The van der Waals surface area contributed by atoms with Crippen LogP contribution in [-0.2, 0) is 11.4 Å². The van der Waals surface area contributed by atoms with Crippen LogP contribution in [-0.4, -0.2) is 23.9 Å². The third-order valence-electron chi connectivity index (χ3n) is 4.03. The smallest absolute Gasteiger partial charge is 0.171 e. The van der Waals surface area contributed by atoms with Crippen LogP contribution in [0.4, 0.5) is 10.2 Å². The molecule has 2 heterocycles. The fourth-order valence-electron chi connectivity index (χ4n) is 2.66. The number of pyridine rings is 1. The van der Waals surface area contributed by atoms with Crippen molar-refractivity contribution in [3.05, 3.63) is 59.5 Å². The Labute approximate surface area is 140 Å². The topological polar surface area (TPSA) is 63.7 Å². The molecule has 126 valence electrons. The van der Waals surface area contributed by atoms with Gasteiger partial charge in [0.15, 0.2) is 5.84 Å². The van der Waals surface area contributed by atoms with E-state index in [4.69, 9.17) is 10.6 Å². The lowest BCUT2D eigenvalue weighted by Crippen LogP contribution is -2.30. The van der Waals surface area contributed by atoms with Gasteiger partial charge in [-0.05, 0) is 49.1 Å². The summed E-state index contributed by atoms with van der Waals surface area (Å²) in [6, 6.07) is 9.93. The molecule has 0 unspecified atom stereocenters. The Hall–Kier alpha value is -2.63. The summed E-state index contributed by atoms with van der Waals surface area (Å²) in [5, 5.41) is 3.90. The molecular formula is C18H21FN4O. The van der Waals surface area contributed by atoms with Crippen molar-refractivity contribution < 1.29 is 9.23 Å². The molecule has 1 aromatic heterocycles. The molecule has 0 radical (unpaired) electrons. The van der Waals surface area contributed by atoms with Gasteiger partial charge in [-0.3, -0.25) is 0 Å². The second-order valence-electron chi connectivity index (χ2n) is 5.83. The molecule has 1 saturated heterocycles. The van der Waals surface area contributed by atoms with E-state index in [2.05, 4.69) is 15.0 Å². The van der Waals surface area contributed by atoms with Crippen LogP contribution >= 0.6 is 0 Å². The first-order valence-electron chi connectivity index (χ1n) is 8.13. The molecule has 5 nitrogen and oxygen atoms in total. The number of anilines is 1. The highest BCUT2D eigenvalue weighted by Gasteiger charge is 2.12. The van der Waals surface area contributed by atoms with Crippen LogP contribution in [0.15, 0.2) is 47.8 Å². The predicted molar refractivity (Wildman–Crippen MR) is 92.2 cm³/mol. The van der Waals surface area contributed by atoms with Crippen molar-refractivity contribution in [2.24, 2.45) is 10.9 Å². The van der Waals surface area contributed by atoms with Gasteiger partial charge >= 0.3 is 0 Å². The largest absolute Gasteiger partial charge is 0.389 e. The summed E-state index contributed by atoms with van der Waals surface area (Å²) >= 11 is 0. The first-order valence-corrected chi connectivity index (χ1v) is 8.13. The molecule has 24 heavy (non-hydrogen) atoms. The minimum atomic E-state index is -0.276. The number of halogens is 1. The molecule has 0 atom stereocenters. The van der Waals surface area contributed by atoms with Gasteiger partial charge in [0.05, 0.1) is 0 Å². The molecule has 0 amide bonds. The summed E-state index contributed by atoms with van der Waals surface area (Å²) in [6.07, 6.45) is 5.43. The van der Waals surface area contributed by atoms with Crippen LogP contribution < -0.4 is 10.6 Å². The lowest BCUT2D eigenvalue weighted by atomic mass is 10.1. The SMILES string of the molecule is NC(=NOCc1ccc(F)cc1)c1ccc(N2CCCCC2)nc1. The van der Waals surface area contributed by atoms with E-state index >= 15 is 0 Å². The molecule has 0 spiro atoms. The average Bonchev–Trinajstić information content (AvgIpc) is 2.64. The first-order chi connectivity index (χ1) is 11.7. The van der Waals surface area contributed by atoms with Crippen molar-refractivity contribution >= 4 is 11.7 Å². The van der Waals surface area contributed by atoms with E-state index in [1.807, 2.05) is 12.1 Å². The van der Waals surface area contributed by atoms with Crippen LogP contribution in [0.25, 0.3) is 0 Å². The molecule has 6 heteroatoms. The standard InChI is InChI=1S/C18H21FN4O/c19-16-7-4-14(5-8-16)13-24-22-18(20)15-6-9-17(21-12-15)23-10-2-1-3-11-23/h4-9,12H,1-3,10-11,13H2,(H2,20,22). The van der Waals surface area contributed by atoms with Crippen molar-refractivity contribution in [1.29, 1.82) is 0 Å². The number of hydrogen-bond acceptors (Lipinski definition) is 4. The predicted octanol–water partition coefficient (Wildman–Crippen LogP) is 3.05. The summed E-state index contributed by atoms with van der Waals surface area (Å²) in [4.78, 5) is 12.0. The summed E-state index contributed by atoms with van der Waals surface area (Å²) < 4.78 is 12.8. The van der Waals surface area contributed by atoms with E-state index < -0.39 is 0 Å². The number of nitrogens with two attached hydrogens (primary N) is 1. The Morgan fingerprint density at radius 3 is 2.54 bits per heavy atom. The summed E-state index contributed by atoms with van der Waals surface area (Å²) in [5.74, 6) is 0.968. The van der Waals surface area contributed by atoms with Gasteiger partial charge in [-0.1, -0.05) is 17.3 Å². The molecule has 1 aliphatic rings. The highest BCUT2D eigenvalue weighted by atomic mass is 19.1. The minimum Gasteiger partial charge on any atom is -0.389 e. The normalized spacial score (nSPS) is 15.4. The third kappa shape index (κ3) is 4.22. The van der Waals surface area contributed by atoms with Crippen molar-refractivity contribution in [2.75, 3.05) is 18.0 Å². The Bertz CT molecular complexity index is 679. The lowest BCUT2D eigenvalue weighted by Gasteiger charge is -2.27. The van der Waals surface area contributed by atoms with Gasteiger partial charge in [-0.25, -0.2) is 9.37 Å². The van der Waals surface area contributed by atoms with E-state index in [1.54, 1.807) is 18.3 Å². The monoisotopic (exact) mass is 328 g/mol. The summed E-state index contributed by atoms with van der Waals surface area (Å²) in [6.45, 7) is 2.34. The van der Waals surface area contributed by atoms with Crippen LogP contribution in [0.1, 0.15) is 30.4 Å². The number of hydrogen-bond donors (Lipinski definition) is 1. The summed E-state index contributed by atoms with van der Waals surface area (Å²) in [7, 11) is 0. The van der Waals surface area contributed by atoms with Crippen LogP contribution in [0.3, 0.4) is 0 Å². The Kier molecular flexibility index (Phi) is 5.25. The number of aromatic nitrogens is 1. The zero-order chi connectivity index (χ0) is 16.8. The molecule has 1 aromatic carbocycles. The van der Waals surface area contributed by atoms with E-state index in [0.717, 1.165) is 30.0 Å². The van der Waals surface area contributed by atoms with Gasteiger partial charge in [0.2, 0.25) is 0 Å². The van der Waals surface area contributed by atoms with E-state index in [1.165, 1.54) is 31.4 Å². The fraction of sp³-hybridized carbons (Fsp3) is 0.333. The zero-order valence-electron chi connectivity index (χ0n) is 13.5. The van der Waals surface area contributed by atoms with E-state index in [-0.39, 0.29) is 18.3 Å². The Morgan fingerprint density at radius 1 is 1.12 bits per heavy atom. The van der Waals surface area contributed by atoms with Crippen molar-refractivity contribution in [3.63, 3.8) is 0 Å². The Balaban J connectivity index is 1.57. The lowest BCUT2D eigenvalue weighted by molar-refractivity contribution is 0.130. The first kappa shape index (κ1) is 16.2. The maximum absolute atomic E-state index is 12.8. The average molecular weight is 328 g/mol. The summed E-state index contributed by atoms with van der Waals surface area (Å²) in [5.41, 5.74) is 7.47. The van der Waals surface area contributed by atoms with Gasteiger partial charge in [0, 0.05) is 24.8 Å². The maximum Gasteiger partial charge on any atom is 0.171 e. The fourth-order valence-corrected chi connectivity index (χ4v) is 2.66. The Morgan fingerprint density at radius 2 is 1.88 bits per heavy atom. The van der Waals surface area contributed by atoms with Crippen molar-refractivity contribution in [2.45, 2.75) is 25.9 Å². The molecular weight excluding hydrogens is 307 g/mol. The molecule has 2 N–H and O–H groups in total. The minimum absolute atomic E-state index is 0.236. The number of piperidine rings is 1. The van der Waals surface area contributed by atoms with Gasteiger partial charge in [-0.2, -0.15) is 0 Å². The highest BCUT2D eigenvalue weighted by Crippen LogP contribution is 2.17. The van der Waals surface area contributed by atoms with Crippen LogP contribution in [0.5, 0.6) is 0 Å². The van der Waals surface area contributed by atoms with E-state index in [9.17, 15) is 4.39 Å². The number of nitrogens with zero attached hydrogens (tertiary/aromatic N) is 3. The molecule has 1 aliphatic heterocycles. The number of oxime groups is 1. The molecule has 0 bridgehead atoms. The molecule has 2 aromatic rings. The number of rotatable bonds is 5. The highest BCUT2D eigenvalue weighted by molar-refractivity contribution is 5.96. The maximum atomic E-state index is 12.8. The third-order valence-corrected chi connectivity index (χ3v) is 4.03. The molecule has 3 rings (SSSR count).